The smallest absolute Gasteiger partial charge is 0.462 e. The lowest BCUT2D eigenvalue weighted by molar-refractivity contribution is -0.161. The summed E-state index contributed by atoms with van der Waals surface area (Å²) in [6, 6.07) is 0. The molecule has 0 aliphatic rings. The van der Waals surface area contributed by atoms with Crippen molar-refractivity contribution in [2.75, 3.05) is 26.4 Å². The van der Waals surface area contributed by atoms with Crippen LogP contribution in [0.3, 0.4) is 0 Å². The number of hydrogen-bond donors (Lipinski definition) is 2. The average Bonchev–Trinajstić information content (AvgIpc) is 3.36. The van der Waals surface area contributed by atoms with Crippen LogP contribution in [0.25, 0.3) is 0 Å². The molecule has 0 aromatic rings. The average molecular weight is 1030 g/mol. The van der Waals surface area contributed by atoms with Crippen molar-refractivity contribution >= 4 is 19.8 Å². The first-order chi connectivity index (χ1) is 34.8. The van der Waals surface area contributed by atoms with Crippen LogP contribution in [0, 0.1) is 0 Å². The SMILES string of the molecule is CCCCCCCCCCCCCCCCCCCCCCCCCCCCCCCC(=O)OC(COC(=O)CCCCCCCCCCCCCCCCCCCCCCC)COP(=O)(O)OCCN. The maximum atomic E-state index is 12.7. The number of carbonyl (C=O) groups is 2. The molecule has 0 aromatic carbocycles. The summed E-state index contributed by atoms with van der Waals surface area (Å²) in [5, 5.41) is 0. The van der Waals surface area contributed by atoms with E-state index in [0.29, 0.717) is 12.8 Å². The molecule has 0 aromatic heterocycles. The number of esters is 2. The molecule has 0 spiro atoms. The molecule has 10 heteroatoms. The first-order valence-corrected chi connectivity index (χ1v) is 33.0. The zero-order chi connectivity index (χ0) is 51.7. The fourth-order valence-electron chi connectivity index (χ4n) is 9.82. The standard InChI is InChI=1S/C61H122NO8P/c1-3-5-7-9-11-13-15-17-19-21-23-25-26-27-28-29-30-31-32-34-36-38-40-42-44-46-48-50-52-54-61(64)70-59(58-69-71(65,66)68-56-55-62)57-67-60(63)53-51-49-47-45-43-41-39-37-35-33-24-22-20-18-16-14-12-10-8-6-4-2/h59H,3-58,62H2,1-2H3,(H,65,66). The van der Waals surface area contributed by atoms with Gasteiger partial charge in [0, 0.05) is 19.4 Å². The summed E-state index contributed by atoms with van der Waals surface area (Å²) in [5.74, 6) is -0.800. The van der Waals surface area contributed by atoms with Crippen LogP contribution >= 0.6 is 7.82 Å². The fraction of sp³-hybridized carbons (Fsp3) is 0.967. The molecular formula is C61H122NO8P. The molecule has 2 atom stereocenters. The van der Waals surface area contributed by atoms with Gasteiger partial charge in [0.15, 0.2) is 6.10 Å². The Bertz CT molecular complexity index is 1130. The summed E-state index contributed by atoms with van der Waals surface area (Å²) >= 11 is 0. The molecule has 0 radical (unpaired) electrons. The van der Waals surface area contributed by atoms with E-state index in [9.17, 15) is 19.0 Å². The Balaban J connectivity index is 3.84. The quantitative estimate of drug-likeness (QED) is 0.0347. The van der Waals surface area contributed by atoms with E-state index in [0.717, 1.165) is 32.1 Å². The number of phosphoric acid groups is 1. The van der Waals surface area contributed by atoms with Gasteiger partial charge in [0.1, 0.15) is 6.61 Å². The number of carbonyl (C=O) groups excluding carboxylic acids is 2. The Morgan fingerprint density at radius 2 is 0.606 bits per heavy atom. The lowest BCUT2D eigenvalue weighted by atomic mass is 10.0. The summed E-state index contributed by atoms with van der Waals surface area (Å²) in [4.78, 5) is 35.2. The van der Waals surface area contributed by atoms with E-state index < -0.39 is 26.5 Å². The van der Waals surface area contributed by atoms with Crippen molar-refractivity contribution in [1.29, 1.82) is 0 Å². The van der Waals surface area contributed by atoms with Gasteiger partial charge >= 0.3 is 19.8 Å². The second-order valence-electron chi connectivity index (χ2n) is 21.7. The predicted octanol–water partition coefficient (Wildman–Crippen LogP) is 19.9. The van der Waals surface area contributed by atoms with E-state index in [2.05, 4.69) is 13.8 Å². The molecular weight excluding hydrogens is 906 g/mol. The molecule has 2 unspecified atom stereocenters. The van der Waals surface area contributed by atoms with Crippen molar-refractivity contribution in [1.82, 2.24) is 0 Å². The number of rotatable bonds is 61. The molecule has 0 amide bonds. The Morgan fingerprint density at radius 3 is 0.859 bits per heavy atom. The van der Waals surface area contributed by atoms with E-state index in [1.165, 1.54) is 283 Å². The molecule has 0 aliphatic carbocycles. The molecule has 0 saturated carbocycles. The van der Waals surface area contributed by atoms with E-state index in [-0.39, 0.29) is 32.1 Å². The van der Waals surface area contributed by atoms with Crippen LogP contribution in [-0.4, -0.2) is 49.3 Å². The van der Waals surface area contributed by atoms with Crippen molar-refractivity contribution in [2.24, 2.45) is 5.73 Å². The highest BCUT2D eigenvalue weighted by molar-refractivity contribution is 7.47. The molecule has 3 N–H and O–H groups in total. The Hall–Kier alpha value is -0.990. The van der Waals surface area contributed by atoms with Gasteiger partial charge in [0.25, 0.3) is 0 Å². The van der Waals surface area contributed by atoms with Crippen molar-refractivity contribution in [3.05, 3.63) is 0 Å². The Kier molecular flexibility index (Phi) is 57.5. The fourth-order valence-corrected chi connectivity index (χ4v) is 10.6. The van der Waals surface area contributed by atoms with E-state index in [4.69, 9.17) is 24.3 Å². The lowest BCUT2D eigenvalue weighted by Gasteiger charge is -2.19. The lowest BCUT2D eigenvalue weighted by Crippen LogP contribution is -2.29. The van der Waals surface area contributed by atoms with E-state index in [1.54, 1.807) is 0 Å². The van der Waals surface area contributed by atoms with E-state index in [1.807, 2.05) is 0 Å². The zero-order valence-corrected chi connectivity index (χ0v) is 48.4. The van der Waals surface area contributed by atoms with Crippen LogP contribution in [0.1, 0.15) is 348 Å². The van der Waals surface area contributed by atoms with Crippen molar-refractivity contribution < 1.29 is 37.6 Å². The molecule has 9 nitrogen and oxygen atoms in total. The highest BCUT2D eigenvalue weighted by atomic mass is 31.2. The summed E-state index contributed by atoms with van der Waals surface area (Å²) in [6.07, 6.45) is 66.1. The minimum absolute atomic E-state index is 0.0587. The summed E-state index contributed by atoms with van der Waals surface area (Å²) in [6.45, 7) is 3.83. The molecule has 71 heavy (non-hydrogen) atoms. The van der Waals surface area contributed by atoms with Crippen LogP contribution < -0.4 is 5.73 Å². The van der Waals surface area contributed by atoms with Gasteiger partial charge in [-0.2, -0.15) is 0 Å². The topological polar surface area (TPSA) is 134 Å². The summed E-state index contributed by atoms with van der Waals surface area (Å²) in [7, 11) is -4.38. The Labute approximate surface area is 441 Å². The maximum absolute atomic E-state index is 12.7. The van der Waals surface area contributed by atoms with E-state index >= 15 is 0 Å². The summed E-state index contributed by atoms with van der Waals surface area (Å²) < 4.78 is 33.1. The zero-order valence-electron chi connectivity index (χ0n) is 47.5. The first kappa shape index (κ1) is 70.0. The summed E-state index contributed by atoms with van der Waals surface area (Å²) in [5.41, 5.74) is 5.39. The van der Waals surface area contributed by atoms with Gasteiger partial charge in [-0.25, -0.2) is 4.57 Å². The van der Waals surface area contributed by atoms with Gasteiger partial charge in [0.05, 0.1) is 13.2 Å². The van der Waals surface area contributed by atoms with Gasteiger partial charge < -0.3 is 20.1 Å². The highest BCUT2D eigenvalue weighted by Gasteiger charge is 2.26. The van der Waals surface area contributed by atoms with Crippen LogP contribution in [0.5, 0.6) is 0 Å². The van der Waals surface area contributed by atoms with Crippen LogP contribution in [0.2, 0.25) is 0 Å². The monoisotopic (exact) mass is 1030 g/mol. The van der Waals surface area contributed by atoms with Crippen LogP contribution in [-0.2, 0) is 32.7 Å². The minimum atomic E-state index is -4.38. The molecule has 0 saturated heterocycles. The molecule has 424 valence electrons. The van der Waals surface area contributed by atoms with Crippen molar-refractivity contribution in [2.45, 2.75) is 354 Å². The number of unbranched alkanes of at least 4 members (excludes halogenated alkanes) is 48. The first-order valence-electron chi connectivity index (χ1n) is 31.5. The maximum Gasteiger partial charge on any atom is 0.472 e. The minimum Gasteiger partial charge on any atom is -0.462 e. The second kappa shape index (κ2) is 58.3. The number of ether oxygens (including phenoxy) is 2. The number of hydrogen-bond acceptors (Lipinski definition) is 8. The van der Waals surface area contributed by atoms with Crippen molar-refractivity contribution in [3.8, 4) is 0 Å². The molecule has 0 fully saturated rings. The van der Waals surface area contributed by atoms with Crippen molar-refractivity contribution in [3.63, 3.8) is 0 Å². The molecule has 0 heterocycles. The number of nitrogens with two attached hydrogens (primary N) is 1. The van der Waals surface area contributed by atoms with Crippen LogP contribution in [0.4, 0.5) is 0 Å². The van der Waals surface area contributed by atoms with Gasteiger partial charge in [-0.1, -0.05) is 322 Å². The molecule has 0 aliphatic heterocycles. The molecule has 0 rings (SSSR count). The van der Waals surface area contributed by atoms with Gasteiger partial charge in [-0.3, -0.25) is 18.6 Å². The van der Waals surface area contributed by atoms with Crippen LogP contribution in [0.15, 0.2) is 0 Å². The molecule has 0 bridgehead atoms. The largest absolute Gasteiger partial charge is 0.472 e. The normalized spacial score (nSPS) is 12.9. The third-order valence-corrected chi connectivity index (χ3v) is 15.5. The third-order valence-electron chi connectivity index (χ3n) is 14.5. The number of phosphoric ester groups is 1. The highest BCUT2D eigenvalue weighted by Crippen LogP contribution is 2.43. The van der Waals surface area contributed by atoms with Gasteiger partial charge in [-0.15, -0.1) is 0 Å². The third kappa shape index (κ3) is 58.1. The Morgan fingerprint density at radius 1 is 0.366 bits per heavy atom. The van der Waals surface area contributed by atoms with Gasteiger partial charge in [-0.05, 0) is 12.8 Å². The van der Waals surface area contributed by atoms with Gasteiger partial charge in [0.2, 0.25) is 0 Å². The second-order valence-corrected chi connectivity index (χ2v) is 23.1. The predicted molar refractivity (Wildman–Crippen MR) is 303 cm³/mol.